The molecule has 2 aromatic heterocycles. The quantitative estimate of drug-likeness (QED) is 0.366. The summed E-state index contributed by atoms with van der Waals surface area (Å²) in [4.78, 5) is 36.3. The molecule has 0 aliphatic carbocycles. The van der Waals surface area contributed by atoms with Gasteiger partial charge in [-0.3, -0.25) is 4.79 Å². The molecule has 33 heavy (non-hydrogen) atoms. The second-order valence-electron chi connectivity index (χ2n) is 8.49. The van der Waals surface area contributed by atoms with Crippen molar-refractivity contribution in [1.29, 1.82) is 0 Å². The molecule has 2 heterocycles. The largest absolute Gasteiger partial charge is 0.497 e. The molecule has 0 aliphatic rings. The minimum absolute atomic E-state index is 0.243. The first kappa shape index (κ1) is 23.9. The average molecular weight is 454 g/mol. The number of hydrogen-bond acceptors (Lipinski definition) is 6. The first-order chi connectivity index (χ1) is 15.7. The van der Waals surface area contributed by atoms with E-state index in [4.69, 9.17) is 9.47 Å². The number of methoxy groups -OCH3 is 1. The number of rotatable bonds is 9. The van der Waals surface area contributed by atoms with Crippen LogP contribution < -0.4 is 15.4 Å². The molecule has 0 bridgehead atoms. The lowest BCUT2D eigenvalue weighted by molar-refractivity contribution is 0.00622. The van der Waals surface area contributed by atoms with Crippen molar-refractivity contribution < 1.29 is 19.1 Å². The summed E-state index contributed by atoms with van der Waals surface area (Å²) in [6, 6.07) is 7.46. The number of hydrogen-bond donors (Lipinski definition) is 4. The molecule has 0 fully saturated rings. The van der Waals surface area contributed by atoms with E-state index in [1.807, 2.05) is 52.0 Å². The van der Waals surface area contributed by atoms with Crippen molar-refractivity contribution in [3.63, 3.8) is 0 Å². The number of carbonyl (C=O) groups excluding carboxylic acids is 2. The lowest BCUT2D eigenvalue weighted by atomic mass is 10.0. The average Bonchev–Trinajstić information content (AvgIpc) is 3.42. The molecule has 9 nitrogen and oxygen atoms in total. The van der Waals surface area contributed by atoms with Gasteiger partial charge in [0, 0.05) is 23.8 Å². The van der Waals surface area contributed by atoms with E-state index < -0.39 is 11.6 Å². The number of anilines is 1. The number of aromatic amines is 2. The van der Waals surface area contributed by atoms with Crippen LogP contribution >= 0.6 is 0 Å². The zero-order valence-electron chi connectivity index (χ0n) is 19.7. The molecule has 176 valence electrons. The highest BCUT2D eigenvalue weighted by molar-refractivity contribution is 6.01. The smallest absolute Gasteiger partial charge is 0.355 e. The third kappa shape index (κ3) is 6.15. The third-order valence-electron chi connectivity index (χ3n) is 4.90. The Morgan fingerprint density at radius 1 is 1.12 bits per heavy atom. The van der Waals surface area contributed by atoms with Gasteiger partial charge in [0.1, 0.15) is 22.9 Å². The van der Waals surface area contributed by atoms with Crippen LogP contribution in [0.25, 0.3) is 0 Å². The molecule has 0 radical (unpaired) electrons. The topological polar surface area (TPSA) is 121 Å². The number of nitrogens with one attached hydrogen (secondary N) is 4. The molecule has 3 aromatic rings. The van der Waals surface area contributed by atoms with Crippen LogP contribution in [0.1, 0.15) is 65.6 Å². The summed E-state index contributed by atoms with van der Waals surface area (Å²) in [5, 5.41) is 6.17. The predicted molar refractivity (Wildman–Crippen MR) is 125 cm³/mol. The fourth-order valence-electron chi connectivity index (χ4n) is 3.41. The number of H-pyrrole nitrogens is 2. The maximum Gasteiger partial charge on any atom is 0.355 e. The van der Waals surface area contributed by atoms with Gasteiger partial charge in [0.05, 0.1) is 25.8 Å². The Morgan fingerprint density at radius 2 is 1.85 bits per heavy atom. The molecule has 1 amide bonds. The minimum Gasteiger partial charge on any atom is -0.497 e. The monoisotopic (exact) mass is 453 g/mol. The summed E-state index contributed by atoms with van der Waals surface area (Å²) in [5.74, 6) is 0.608. The van der Waals surface area contributed by atoms with Gasteiger partial charge < -0.3 is 30.1 Å². The van der Waals surface area contributed by atoms with Crippen LogP contribution in [0, 0.1) is 0 Å². The van der Waals surface area contributed by atoms with Crippen LogP contribution in [-0.2, 0) is 24.2 Å². The van der Waals surface area contributed by atoms with Gasteiger partial charge in [0.2, 0.25) is 0 Å². The molecule has 0 spiro atoms. The van der Waals surface area contributed by atoms with Gasteiger partial charge in [-0.25, -0.2) is 9.78 Å². The summed E-state index contributed by atoms with van der Waals surface area (Å²) in [6.45, 7) is 7.88. The fourth-order valence-corrected chi connectivity index (χ4v) is 3.41. The van der Waals surface area contributed by atoms with E-state index in [1.165, 1.54) is 0 Å². The number of amides is 1. The van der Waals surface area contributed by atoms with Gasteiger partial charge >= 0.3 is 5.97 Å². The van der Waals surface area contributed by atoms with E-state index in [-0.39, 0.29) is 12.5 Å². The summed E-state index contributed by atoms with van der Waals surface area (Å²) >= 11 is 0. The molecule has 3 rings (SSSR count). The Morgan fingerprint density at radius 3 is 2.42 bits per heavy atom. The summed E-state index contributed by atoms with van der Waals surface area (Å²) in [7, 11) is 1.61. The van der Waals surface area contributed by atoms with Crippen LogP contribution in [0.2, 0.25) is 0 Å². The van der Waals surface area contributed by atoms with E-state index in [1.54, 1.807) is 19.5 Å². The molecule has 0 atom stereocenters. The number of benzene rings is 1. The van der Waals surface area contributed by atoms with E-state index in [2.05, 4.69) is 25.6 Å². The Bertz CT molecular complexity index is 1080. The van der Waals surface area contributed by atoms with Crippen molar-refractivity contribution in [3.05, 3.63) is 65.0 Å². The molecule has 0 saturated heterocycles. The van der Waals surface area contributed by atoms with Crippen molar-refractivity contribution in [2.75, 3.05) is 12.4 Å². The van der Waals surface area contributed by atoms with E-state index in [0.29, 0.717) is 41.3 Å². The second kappa shape index (κ2) is 10.2. The van der Waals surface area contributed by atoms with Crippen molar-refractivity contribution in [2.45, 2.75) is 52.8 Å². The minimum atomic E-state index is -0.656. The Hall–Kier alpha value is -3.75. The van der Waals surface area contributed by atoms with Gasteiger partial charge in [-0.1, -0.05) is 6.92 Å². The number of esters is 1. The lowest BCUT2D eigenvalue weighted by Crippen LogP contribution is -2.26. The normalized spacial score (nSPS) is 11.2. The van der Waals surface area contributed by atoms with E-state index >= 15 is 0 Å². The Kier molecular flexibility index (Phi) is 7.42. The number of nitrogens with zero attached hydrogens (tertiary/aromatic N) is 1. The molecule has 4 N–H and O–H groups in total. The standard InChI is InChI=1S/C24H31N5O4/c1-6-17-20(22(30)28-14-19-25-11-12-26-19)18(29-21(17)23(31)33-24(2,3)4)13-27-15-7-9-16(32-5)10-8-15/h7-12,27,29H,6,13-14H2,1-5H3,(H,25,26)(H,28,30). The first-order valence-electron chi connectivity index (χ1n) is 10.8. The maximum atomic E-state index is 13.2. The van der Waals surface area contributed by atoms with Crippen LogP contribution in [0.3, 0.4) is 0 Å². The van der Waals surface area contributed by atoms with Crippen molar-refractivity contribution in [2.24, 2.45) is 0 Å². The maximum absolute atomic E-state index is 13.2. The second-order valence-corrected chi connectivity index (χ2v) is 8.49. The molecule has 0 unspecified atom stereocenters. The van der Waals surface area contributed by atoms with Gasteiger partial charge in [0.25, 0.3) is 5.91 Å². The fraction of sp³-hybridized carbons (Fsp3) is 0.375. The zero-order chi connectivity index (χ0) is 24.0. The molecule has 1 aromatic carbocycles. The number of carbonyl (C=O) groups is 2. The predicted octanol–water partition coefficient (Wildman–Crippen LogP) is 3.81. The van der Waals surface area contributed by atoms with E-state index in [0.717, 1.165) is 11.4 Å². The molecular formula is C24H31N5O4. The van der Waals surface area contributed by atoms with Gasteiger partial charge in [-0.15, -0.1) is 0 Å². The van der Waals surface area contributed by atoms with Crippen LogP contribution in [0.15, 0.2) is 36.7 Å². The summed E-state index contributed by atoms with van der Waals surface area (Å²) in [5.41, 5.74) is 2.14. The van der Waals surface area contributed by atoms with Crippen molar-refractivity contribution in [1.82, 2.24) is 20.3 Å². The summed E-state index contributed by atoms with van der Waals surface area (Å²) in [6.07, 6.45) is 3.80. The zero-order valence-corrected chi connectivity index (χ0v) is 19.7. The van der Waals surface area contributed by atoms with Gasteiger partial charge in [0.15, 0.2) is 0 Å². The number of ether oxygens (including phenoxy) is 2. The lowest BCUT2D eigenvalue weighted by Gasteiger charge is -2.19. The van der Waals surface area contributed by atoms with Crippen molar-refractivity contribution >= 4 is 17.6 Å². The number of imidazole rings is 1. The molecular weight excluding hydrogens is 422 g/mol. The van der Waals surface area contributed by atoms with Gasteiger partial charge in [-0.05, 0) is 57.0 Å². The van der Waals surface area contributed by atoms with Crippen LogP contribution in [0.4, 0.5) is 5.69 Å². The van der Waals surface area contributed by atoms with E-state index in [9.17, 15) is 9.59 Å². The Balaban J connectivity index is 1.90. The summed E-state index contributed by atoms with van der Waals surface area (Å²) < 4.78 is 10.8. The highest BCUT2D eigenvalue weighted by atomic mass is 16.6. The highest BCUT2D eigenvalue weighted by Crippen LogP contribution is 2.24. The van der Waals surface area contributed by atoms with Crippen LogP contribution in [-0.4, -0.2) is 39.5 Å². The molecule has 0 saturated carbocycles. The number of aromatic nitrogens is 3. The Labute approximate surface area is 193 Å². The first-order valence-corrected chi connectivity index (χ1v) is 10.8. The molecule has 0 aliphatic heterocycles. The van der Waals surface area contributed by atoms with Gasteiger partial charge in [-0.2, -0.15) is 0 Å². The van der Waals surface area contributed by atoms with Crippen molar-refractivity contribution in [3.8, 4) is 5.75 Å². The third-order valence-corrected chi connectivity index (χ3v) is 4.90. The van der Waals surface area contributed by atoms with Crippen LogP contribution in [0.5, 0.6) is 5.75 Å². The molecule has 9 heteroatoms. The SMILES string of the molecule is CCc1c(C(=O)OC(C)(C)C)[nH]c(CNc2ccc(OC)cc2)c1C(=O)NCc1ncc[nH]1. The highest BCUT2D eigenvalue weighted by Gasteiger charge is 2.28.